The van der Waals surface area contributed by atoms with Crippen LogP contribution in [0, 0.1) is 5.92 Å². The van der Waals surface area contributed by atoms with Gasteiger partial charge < -0.3 is 19.6 Å². The minimum absolute atomic E-state index is 0.0479. The van der Waals surface area contributed by atoms with E-state index in [2.05, 4.69) is 4.90 Å². The monoisotopic (exact) mass is 389 g/mol. The van der Waals surface area contributed by atoms with Crippen LogP contribution in [0.15, 0.2) is 30.3 Å². The Morgan fingerprint density at radius 1 is 1.04 bits per heavy atom. The Hall–Kier alpha value is -2.61. The van der Waals surface area contributed by atoms with Crippen LogP contribution in [0.1, 0.15) is 18.9 Å². The van der Waals surface area contributed by atoms with Crippen molar-refractivity contribution in [2.24, 2.45) is 5.92 Å². The quantitative estimate of drug-likeness (QED) is 0.834. The van der Waals surface area contributed by atoms with Crippen LogP contribution in [0.25, 0.3) is 0 Å². The molecule has 2 amide bonds. The van der Waals surface area contributed by atoms with E-state index in [1.165, 1.54) is 4.90 Å². The molecule has 152 valence electrons. The molecule has 8 nitrogen and oxygen atoms in total. The van der Waals surface area contributed by atoms with Crippen molar-refractivity contribution in [3.63, 3.8) is 0 Å². The Morgan fingerprint density at radius 2 is 1.71 bits per heavy atom. The first-order chi connectivity index (χ1) is 13.4. The number of hydrogen-bond acceptors (Lipinski definition) is 5. The van der Waals surface area contributed by atoms with E-state index in [0.717, 1.165) is 5.56 Å². The molecular formula is C20H27N3O5. The molecule has 0 unspecified atom stereocenters. The molecule has 1 aromatic rings. The summed E-state index contributed by atoms with van der Waals surface area (Å²) in [5.41, 5.74) is 0.888. The predicted octanol–water partition coefficient (Wildman–Crippen LogP) is 1.26. The first kappa shape index (κ1) is 20.1. The van der Waals surface area contributed by atoms with Crippen molar-refractivity contribution in [1.29, 1.82) is 0 Å². The van der Waals surface area contributed by atoms with Crippen molar-refractivity contribution in [3.8, 4) is 0 Å². The molecule has 28 heavy (non-hydrogen) atoms. The lowest BCUT2D eigenvalue weighted by molar-refractivity contribution is -0.144. The molecule has 2 heterocycles. The van der Waals surface area contributed by atoms with E-state index >= 15 is 0 Å². The smallest absolute Gasteiger partial charge is 0.410 e. The van der Waals surface area contributed by atoms with Gasteiger partial charge in [0, 0.05) is 52.2 Å². The molecule has 2 aliphatic rings. The van der Waals surface area contributed by atoms with Crippen LogP contribution in [0.4, 0.5) is 4.79 Å². The topological polar surface area (TPSA) is 90.4 Å². The van der Waals surface area contributed by atoms with Gasteiger partial charge in [-0.2, -0.15) is 0 Å². The van der Waals surface area contributed by atoms with Crippen molar-refractivity contribution in [2.45, 2.75) is 26.0 Å². The van der Waals surface area contributed by atoms with Crippen molar-refractivity contribution in [1.82, 2.24) is 14.7 Å². The summed E-state index contributed by atoms with van der Waals surface area (Å²) in [6, 6.07) is 9.35. The van der Waals surface area contributed by atoms with Gasteiger partial charge in [0.2, 0.25) is 5.91 Å². The molecule has 1 N–H and O–H groups in total. The number of rotatable bonds is 4. The number of carboxylic acids is 1. The van der Waals surface area contributed by atoms with Crippen molar-refractivity contribution in [3.05, 3.63) is 35.9 Å². The largest absolute Gasteiger partial charge is 0.481 e. The van der Waals surface area contributed by atoms with Gasteiger partial charge in [0.1, 0.15) is 6.61 Å². The second kappa shape index (κ2) is 9.05. The number of piperazine rings is 1. The average molecular weight is 389 g/mol. The van der Waals surface area contributed by atoms with Crippen LogP contribution < -0.4 is 0 Å². The van der Waals surface area contributed by atoms with E-state index in [0.29, 0.717) is 39.1 Å². The highest BCUT2D eigenvalue weighted by molar-refractivity contribution is 5.74. The molecule has 8 heteroatoms. The third-order valence-electron chi connectivity index (χ3n) is 5.52. The number of nitrogens with zero attached hydrogens (tertiary/aromatic N) is 3. The maximum Gasteiger partial charge on any atom is 0.410 e. The number of carbonyl (C=O) groups is 3. The van der Waals surface area contributed by atoms with Crippen LogP contribution in [0.3, 0.4) is 0 Å². The fourth-order valence-corrected chi connectivity index (χ4v) is 3.88. The summed E-state index contributed by atoms with van der Waals surface area (Å²) >= 11 is 0. The van der Waals surface area contributed by atoms with Crippen LogP contribution in [-0.4, -0.2) is 83.1 Å². The molecule has 2 fully saturated rings. The number of likely N-dealkylation sites (tertiary alicyclic amines) is 1. The molecule has 2 atom stereocenters. The second-order valence-electron chi connectivity index (χ2n) is 7.41. The highest BCUT2D eigenvalue weighted by atomic mass is 16.6. The van der Waals surface area contributed by atoms with Gasteiger partial charge in [-0.25, -0.2) is 4.79 Å². The standard InChI is InChI=1S/C20H27N3O5/c1-15(24)21-7-9-22(10-8-21)18-11-17(19(25)26)12-23(13-18)20(27)28-14-16-5-3-2-4-6-16/h2-6,17-18H,7-14H2,1H3,(H,25,26)/t17-,18+/m1/s1. The molecule has 0 aromatic heterocycles. The number of benzene rings is 1. The highest BCUT2D eigenvalue weighted by Gasteiger charge is 2.38. The molecule has 0 spiro atoms. The Morgan fingerprint density at radius 3 is 2.32 bits per heavy atom. The summed E-state index contributed by atoms with van der Waals surface area (Å²) in [4.78, 5) is 41.2. The van der Waals surface area contributed by atoms with E-state index in [9.17, 15) is 19.5 Å². The zero-order valence-corrected chi connectivity index (χ0v) is 16.1. The summed E-state index contributed by atoms with van der Waals surface area (Å²) in [7, 11) is 0. The summed E-state index contributed by atoms with van der Waals surface area (Å²) in [5, 5.41) is 9.53. The maximum atomic E-state index is 12.5. The lowest BCUT2D eigenvalue weighted by Gasteiger charge is -2.44. The fraction of sp³-hybridized carbons (Fsp3) is 0.550. The summed E-state index contributed by atoms with van der Waals surface area (Å²) in [6.45, 7) is 4.94. The second-order valence-corrected chi connectivity index (χ2v) is 7.41. The number of aliphatic carboxylic acids is 1. The van der Waals surface area contributed by atoms with Crippen molar-refractivity contribution in [2.75, 3.05) is 39.3 Å². The predicted molar refractivity (Wildman–Crippen MR) is 102 cm³/mol. The normalized spacial score (nSPS) is 23.3. The van der Waals surface area contributed by atoms with Crippen LogP contribution >= 0.6 is 0 Å². The van der Waals surface area contributed by atoms with E-state index in [-0.39, 0.29) is 25.1 Å². The minimum atomic E-state index is -0.895. The lowest BCUT2D eigenvalue weighted by atomic mass is 9.93. The van der Waals surface area contributed by atoms with E-state index in [1.54, 1.807) is 11.8 Å². The molecule has 0 radical (unpaired) electrons. The van der Waals surface area contributed by atoms with Crippen LogP contribution in [0.2, 0.25) is 0 Å². The number of carbonyl (C=O) groups excluding carboxylic acids is 2. The number of piperidine rings is 1. The molecule has 0 saturated carbocycles. The zero-order chi connectivity index (χ0) is 20.1. The summed E-state index contributed by atoms with van der Waals surface area (Å²) in [5.74, 6) is -1.46. The molecule has 0 bridgehead atoms. The van der Waals surface area contributed by atoms with Crippen LogP contribution in [-0.2, 0) is 20.9 Å². The van der Waals surface area contributed by atoms with Crippen LogP contribution in [0.5, 0.6) is 0 Å². The van der Waals surface area contributed by atoms with E-state index in [4.69, 9.17) is 4.74 Å². The Bertz CT molecular complexity index is 703. The molecule has 2 aliphatic heterocycles. The van der Waals surface area contributed by atoms with Gasteiger partial charge in [-0.15, -0.1) is 0 Å². The van der Waals surface area contributed by atoms with Gasteiger partial charge in [0.05, 0.1) is 5.92 Å². The fourth-order valence-electron chi connectivity index (χ4n) is 3.88. The third kappa shape index (κ3) is 5.01. The first-order valence-electron chi connectivity index (χ1n) is 9.62. The van der Waals surface area contributed by atoms with Crippen molar-refractivity contribution >= 4 is 18.0 Å². The highest BCUT2D eigenvalue weighted by Crippen LogP contribution is 2.23. The molecule has 1 aromatic carbocycles. The number of hydrogen-bond donors (Lipinski definition) is 1. The molecule has 3 rings (SSSR count). The SMILES string of the molecule is CC(=O)N1CCN([C@H]2C[C@@H](C(=O)O)CN(C(=O)OCc3ccccc3)C2)CC1. The summed E-state index contributed by atoms with van der Waals surface area (Å²) < 4.78 is 5.40. The van der Waals surface area contributed by atoms with Gasteiger partial charge in [-0.3, -0.25) is 14.5 Å². The average Bonchev–Trinajstić information content (AvgIpc) is 2.72. The van der Waals surface area contributed by atoms with Gasteiger partial charge in [-0.1, -0.05) is 30.3 Å². The van der Waals surface area contributed by atoms with E-state index < -0.39 is 18.0 Å². The van der Waals surface area contributed by atoms with Gasteiger partial charge in [-0.05, 0) is 12.0 Å². The first-order valence-corrected chi connectivity index (χ1v) is 9.62. The Kier molecular flexibility index (Phi) is 6.51. The summed E-state index contributed by atoms with van der Waals surface area (Å²) in [6.07, 6.45) is 0.0138. The van der Waals surface area contributed by atoms with E-state index in [1.807, 2.05) is 30.3 Å². The number of amides is 2. The number of carboxylic acid groups (broad SMARTS) is 1. The molecule has 2 saturated heterocycles. The van der Waals surface area contributed by atoms with Gasteiger partial charge >= 0.3 is 12.1 Å². The Labute approximate surface area is 164 Å². The van der Waals surface area contributed by atoms with Gasteiger partial charge in [0.25, 0.3) is 0 Å². The Balaban J connectivity index is 1.60. The zero-order valence-electron chi connectivity index (χ0n) is 16.1. The van der Waals surface area contributed by atoms with Gasteiger partial charge in [0.15, 0.2) is 0 Å². The third-order valence-corrected chi connectivity index (χ3v) is 5.52. The minimum Gasteiger partial charge on any atom is -0.481 e. The number of ether oxygens (including phenoxy) is 1. The lowest BCUT2D eigenvalue weighted by Crippen LogP contribution is -2.58. The maximum absolute atomic E-state index is 12.5. The molecule has 0 aliphatic carbocycles. The molecular weight excluding hydrogens is 362 g/mol. The van der Waals surface area contributed by atoms with Crippen molar-refractivity contribution < 1.29 is 24.2 Å².